The Morgan fingerprint density at radius 3 is 2.46 bits per heavy atom. The number of carbonyl (C=O) groups excluding carboxylic acids is 1. The van der Waals surface area contributed by atoms with Crippen molar-refractivity contribution < 1.29 is 4.79 Å². The summed E-state index contributed by atoms with van der Waals surface area (Å²) in [6.45, 7) is 8.15. The molecular formula is C19H22N4O. The topological polar surface area (TPSA) is 61.9 Å². The Kier molecular flexibility index (Phi) is 4.34. The second kappa shape index (κ2) is 6.43. The minimum absolute atomic E-state index is 0.0307. The molecule has 5 nitrogen and oxygen atoms in total. The largest absolute Gasteiger partial charge is 0.343 e. The first-order chi connectivity index (χ1) is 11.5. The van der Waals surface area contributed by atoms with Crippen molar-refractivity contribution in [2.75, 3.05) is 0 Å². The van der Waals surface area contributed by atoms with Gasteiger partial charge >= 0.3 is 0 Å². The highest BCUT2D eigenvalue weighted by Crippen LogP contribution is 2.29. The Morgan fingerprint density at radius 2 is 1.75 bits per heavy atom. The lowest BCUT2D eigenvalue weighted by atomic mass is 9.98. The van der Waals surface area contributed by atoms with Gasteiger partial charge in [-0.25, -0.2) is 4.98 Å². The summed E-state index contributed by atoms with van der Waals surface area (Å²) < 4.78 is 0. The van der Waals surface area contributed by atoms with Crippen molar-refractivity contribution in [1.29, 1.82) is 0 Å². The quantitative estimate of drug-likeness (QED) is 0.793. The molecule has 3 rings (SSSR count). The fourth-order valence-electron chi connectivity index (χ4n) is 3.17. The maximum absolute atomic E-state index is 13.2. The SMILES string of the molecule is CC(C)N(C(=O)c1ccccc1-c1cncc2[nH]cnc12)C(C)C. The molecule has 0 unspecified atom stereocenters. The van der Waals surface area contributed by atoms with Crippen LogP contribution >= 0.6 is 0 Å². The number of nitrogens with one attached hydrogen (secondary N) is 1. The lowest BCUT2D eigenvalue weighted by molar-refractivity contribution is 0.0644. The van der Waals surface area contributed by atoms with E-state index in [1.165, 1.54) is 0 Å². The molecule has 0 fully saturated rings. The number of carbonyl (C=O) groups is 1. The van der Waals surface area contributed by atoms with Gasteiger partial charge in [0.05, 0.1) is 23.6 Å². The van der Waals surface area contributed by atoms with Crippen LogP contribution in [0.3, 0.4) is 0 Å². The van der Waals surface area contributed by atoms with Gasteiger partial charge in [-0.15, -0.1) is 0 Å². The van der Waals surface area contributed by atoms with Gasteiger partial charge < -0.3 is 9.88 Å². The summed E-state index contributed by atoms with van der Waals surface area (Å²) in [5, 5.41) is 0. The Hall–Kier alpha value is -2.69. The lowest BCUT2D eigenvalue weighted by Gasteiger charge is -2.31. The summed E-state index contributed by atoms with van der Waals surface area (Å²) in [6.07, 6.45) is 5.16. The molecule has 0 saturated heterocycles. The predicted molar refractivity (Wildman–Crippen MR) is 95.8 cm³/mol. The van der Waals surface area contributed by atoms with Crippen LogP contribution in [0.5, 0.6) is 0 Å². The fraction of sp³-hybridized carbons (Fsp3) is 0.316. The smallest absolute Gasteiger partial charge is 0.254 e. The molecule has 0 aliphatic rings. The van der Waals surface area contributed by atoms with Crippen LogP contribution in [0, 0.1) is 0 Å². The van der Waals surface area contributed by atoms with E-state index in [0.29, 0.717) is 5.56 Å². The number of imidazole rings is 1. The molecule has 0 aliphatic heterocycles. The van der Waals surface area contributed by atoms with Crippen LogP contribution in [0.15, 0.2) is 43.0 Å². The molecule has 0 spiro atoms. The van der Waals surface area contributed by atoms with Crippen molar-refractivity contribution in [3.8, 4) is 11.1 Å². The molecule has 0 radical (unpaired) electrons. The van der Waals surface area contributed by atoms with Crippen LogP contribution in [0.1, 0.15) is 38.1 Å². The van der Waals surface area contributed by atoms with Crippen molar-refractivity contribution in [3.63, 3.8) is 0 Å². The van der Waals surface area contributed by atoms with Crippen LogP contribution in [-0.2, 0) is 0 Å². The molecule has 0 saturated carbocycles. The van der Waals surface area contributed by atoms with Crippen LogP contribution < -0.4 is 0 Å². The standard InChI is InChI=1S/C19H22N4O/c1-12(2)23(13(3)4)19(24)15-8-6-5-7-14(15)16-9-20-10-17-18(16)22-11-21-17/h5-13H,1-4H3,(H,21,22). The summed E-state index contributed by atoms with van der Waals surface area (Å²) in [7, 11) is 0. The van der Waals surface area contributed by atoms with Gasteiger partial charge in [0.15, 0.2) is 0 Å². The van der Waals surface area contributed by atoms with Crippen LogP contribution in [0.25, 0.3) is 22.2 Å². The maximum Gasteiger partial charge on any atom is 0.254 e. The number of rotatable bonds is 4. The second-order valence-corrected chi connectivity index (χ2v) is 6.43. The average molecular weight is 322 g/mol. The van der Waals surface area contributed by atoms with Crippen molar-refractivity contribution in [3.05, 3.63) is 48.5 Å². The van der Waals surface area contributed by atoms with Gasteiger partial charge in [0.1, 0.15) is 0 Å². The highest BCUT2D eigenvalue weighted by atomic mass is 16.2. The van der Waals surface area contributed by atoms with E-state index in [-0.39, 0.29) is 18.0 Å². The van der Waals surface area contributed by atoms with Gasteiger partial charge in [0, 0.05) is 29.4 Å². The van der Waals surface area contributed by atoms with Crippen molar-refractivity contribution in [2.24, 2.45) is 0 Å². The van der Waals surface area contributed by atoms with E-state index >= 15 is 0 Å². The minimum Gasteiger partial charge on any atom is -0.343 e. The van der Waals surface area contributed by atoms with E-state index in [1.54, 1.807) is 18.7 Å². The Labute approximate surface area is 141 Å². The summed E-state index contributed by atoms with van der Waals surface area (Å²) >= 11 is 0. The number of hydrogen-bond donors (Lipinski definition) is 1. The highest BCUT2D eigenvalue weighted by Gasteiger charge is 2.24. The fourth-order valence-corrected chi connectivity index (χ4v) is 3.17. The number of nitrogens with zero attached hydrogens (tertiary/aromatic N) is 3. The Morgan fingerprint density at radius 1 is 1.04 bits per heavy atom. The number of hydrogen-bond acceptors (Lipinski definition) is 3. The molecule has 0 atom stereocenters. The third-order valence-electron chi connectivity index (χ3n) is 4.13. The molecular weight excluding hydrogens is 300 g/mol. The zero-order valence-electron chi connectivity index (χ0n) is 14.4. The lowest BCUT2D eigenvalue weighted by Crippen LogP contribution is -2.42. The zero-order valence-corrected chi connectivity index (χ0v) is 14.4. The number of aromatic amines is 1. The molecule has 0 bridgehead atoms. The third-order valence-corrected chi connectivity index (χ3v) is 4.13. The number of aromatic nitrogens is 3. The van der Waals surface area contributed by atoms with Gasteiger partial charge in [0.25, 0.3) is 5.91 Å². The molecule has 3 aromatic rings. The van der Waals surface area contributed by atoms with E-state index in [9.17, 15) is 4.79 Å². The average Bonchev–Trinajstić information content (AvgIpc) is 3.02. The van der Waals surface area contributed by atoms with E-state index in [0.717, 1.165) is 22.2 Å². The highest BCUT2D eigenvalue weighted by molar-refractivity contribution is 6.04. The number of amides is 1. The van der Waals surface area contributed by atoms with Crippen LogP contribution in [0.2, 0.25) is 0 Å². The molecule has 5 heteroatoms. The zero-order chi connectivity index (χ0) is 17.3. The Bertz CT molecular complexity index is 858. The van der Waals surface area contributed by atoms with E-state index in [1.807, 2.05) is 56.9 Å². The molecule has 1 N–H and O–H groups in total. The molecule has 1 amide bonds. The van der Waals surface area contributed by atoms with Gasteiger partial charge in [-0.05, 0) is 39.3 Å². The number of benzene rings is 1. The summed E-state index contributed by atoms with van der Waals surface area (Å²) in [5.41, 5.74) is 4.09. The summed E-state index contributed by atoms with van der Waals surface area (Å²) in [6, 6.07) is 7.92. The Balaban J connectivity index is 2.15. The first-order valence-corrected chi connectivity index (χ1v) is 8.20. The second-order valence-electron chi connectivity index (χ2n) is 6.43. The van der Waals surface area contributed by atoms with Gasteiger partial charge in [-0.1, -0.05) is 18.2 Å². The monoisotopic (exact) mass is 322 g/mol. The third kappa shape index (κ3) is 2.77. The van der Waals surface area contributed by atoms with Crippen LogP contribution in [-0.4, -0.2) is 37.8 Å². The minimum atomic E-state index is 0.0307. The van der Waals surface area contributed by atoms with Crippen LogP contribution in [0.4, 0.5) is 0 Å². The number of fused-ring (bicyclic) bond motifs is 1. The van der Waals surface area contributed by atoms with E-state index < -0.39 is 0 Å². The molecule has 124 valence electrons. The number of H-pyrrole nitrogens is 1. The van der Waals surface area contributed by atoms with Crippen molar-refractivity contribution in [1.82, 2.24) is 19.9 Å². The van der Waals surface area contributed by atoms with E-state index in [4.69, 9.17) is 0 Å². The predicted octanol–water partition coefficient (Wildman–Crippen LogP) is 3.88. The normalized spacial score (nSPS) is 11.4. The summed E-state index contributed by atoms with van der Waals surface area (Å²) in [4.78, 5) is 26.8. The summed E-state index contributed by atoms with van der Waals surface area (Å²) in [5.74, 6) is 0.0307. The van der Waals surface area contributed by atoms with Gasteiger partial charge in [-0.2, -0.15) is 0 Å². The van der Waals surface area contributed by atoms with E-state index in [2.05, 4.69) is 15.0 Å². The molecule has 2 aromatic heterocycles. The van der Waals surface area contributed by atoms with Gasteiger partial charge in [0.2, 0.25) is 0 Å². The molecule has 1 aromatic carbocycles. The maximum atomic E-state index is 13.2. The van der Waals surface area contributed by atoms with Crippen molar-refractivity contribution in [2.45, 2.75) is 39.8 Å². The van der Waals surface area contributed by atoms with Crippen molar-refractivity contribution >= 4 is 16.9 Å². The molecule has 0 aliphatic carbocycles. The first kappa shape index (κ1) is 16.2. The molecule has 24 heavy (non-hydrogen) atoms. The number of pyridine rings is 1. The molecule has 2 heterocycles. The first-order valence-electron chi connectivity index (χ1n) is 8.20. The van der Waals surface area contributed by atoms with Gasteiger partial charge in [-0.3, -0.25) is 9.78 Å².